The SMILES string of the molecule is N#Cc1cc(Oc2ccc([N+](=O)[O-])c(C(=O)O)c2)c(Cl)cc1C(F)(F)F. The van der Waals surface area contributed by atoms with Crippen LogP contribution in [0.5, 0.6) is 11.5 Å². The second kappa shape index (κ2) is 6.89. The molecule has 0 aliphatic carbocycles. The van der Waals surface area contributed by atoms with E-state index in [1.807, 2.05) is 0 Å². The zero-order valence-corrected chi connectivity index (χ0v) is 13.1. The number of rotatable bonds is 4. The third kappa shape index (κ3) is 3.84. The summed E-state index contributed by atoms with van der Waals surface area (Å²) in [7, 11) is 0. The Labute approximate surface area is 147 Å². The van der Waals surface area contributed by atoms with Crippen molar-refractivity contribution in [1.82, 2.24) is 0 Å². The van der Waals surface area contributed by atoms with E-state index in [1.54, 1.807) is 0 Å². The van der Waals surface area contributed by atoms with Crippen LogP contribution in [0.1, 0.15) is 21.5 Å². The summed E-state index contributed by atoms with van der Waals surface area (Å²) in [6.07, 6.45) is -4.81. The topological polar surface area (TPSA) is 113 Å². The van der Waals surface area contributed by atoms with Crippen LogP contribution in [0.4, 0.5) is 18.9 Å². The van der Waals surface area contributed by atoms with E-state index in [-0.39, 0.29) is 11.5 Å². The van der Waals surface area contributed by atoms with Crippen LogP contribution in [0.25, 0.3) is 0 Å². The second-order valence-electron chi connectivity index (χ2n) is 4.78. The number of hydrogen-bond donors (Lipinski definition) is 1. The van der Waals surface area contributed by atoms with Crippen LogP contribution in [-0.4, -0.2) is 16.0 Å². The van der Waals surface area contributed by atoms with Crippen LogP contribution in [0.15, 0.2) is 30.3 Å². The average Bonchev–Trinajstić information content (AvgIpc) is 2.55. The van der Waals surface area contributed by atoms with Crippen LogP contribution >= 0.6 is 11.6 Å². The van der Waals surface area contributed by atoms with E-state index in [4.69, 9.17) is 26.7 Å². The van der Waals surface area contributed by atoms with Gasteiger partial charge in [0.05, 0.1) is 27.1 Å². The van der Waals surface area contributed by atoms with Crippen molar-refractivity contribution in [2.24, 2.45) is 0 Å². The van der Waals surface area contributed by atoms with Gasteiger partial charge in [-0.05, 0) is 12.1 Å². The number of halogens is 4. The normalized spacial score (nSPS) is 10.9. The molecule has 0 aliphatic rings. The molecule has 0 aliphatic heterocycles. The molecule has 0 radical (unpaired) electrons. The van der Waals surface area contributed by atoms with E-state index in [0.717, 1.165) is 24.3 Å². The molecule has 0 saturated heterocycles. The van der Waals surface area contributed by atoms with Gasteiger partial charge in [0.15, 0.2) is 0 Å². The molecule has 2 aromatic rings. The average molecular weight is 387 g/mol. The monoisotopic (exact) mass is 386 g/mol. The number of carbonyl (C=O) groups is 1. The Bertz CT molecular complexity index is 954. The molecule has 1 N–H and O–H groups in total. The molecule has 0 atom stereocenters. The fourth-order valence-electron chi connectivity index (χ4n) is 1.99. The summed E-state index contributed by atoms with van der Waals surface area (Å²) >= 11 is 5.74. The first kappa shape index (κ1) is 19.0. The first-order valence-electron chi connectivity index (χ1n) is 6.55. The summed E-state index contributed by atoms with van der Waals surface area (Å²) < 4.78 is 43.8. The lowest BCUT2D eigenvalue weighted by atomic mass is 10.1. The van der Waals surface area contributed by atoms with Gasteiger partial charge in [-0.2, -0.15) is 18.4 Å². The lowest BCUT2D eigenvalue weighted by Crippen LogP contribution is -2.08. The Morgan fingerprint density at radius 3 is 2.46 bits per heavy atom. The van der Waals surface area contributed by atoms with Crippen molar-refractivity contribution >= 4 is 23.3 Å². The van der Waals surface area contributed by atoms with E-state index in [2.05, 4.69) is 0 Å². The lowest BCUT2D eigenvalue weighted by Gasteiger charge is -2.13. The highest BCUT2D eigenvalue weighted by Gasteiger charge is 2.34. The molecule has 0 heterocycles. The molecule has 0 spiro atoms. The van der Waals surface area contributed by atoms with E-state index >= 15 is 0 Å². The van der Waals surface area contributed by atoms with Crippen molar-refractivity contribution in [2.45, 2.75) is 6.18 Å². The number of hydrogen-bond acceptors (Lipinski definition) is 5. The highest BCUT2D eigenvalue weighted by atomic mass is 35.5. The van der Waals surface area contributed by atoms with Gasteiger partial charge in [0.25, 0.3) is 5.69 Å². The number of aromatic carboxylic acids is 1. The second-order valence-corrected chi connectivity index (χ2v) is 5.19. The van der Waals surface area contributed by atoms with Gasteiger partial charge < -0.3 is 9.84 Å². The number of carboxylic acid groups (broad SMARTS) is 1. The third-order valence-corrected chi connectivity index (χ3v) is 3.42. The number of ether oxygens (including phenoxy) is 1. The smallest absolute Gasteiger partial charge is 0.417 e. The van der Waals surface area contributed by atoms with Gasteiger partial charge in [0.2, 0.25) is 0 Å². The fourth-order valence-corrected chi connectivity index (χ4v) is 2.20. The van der Waals surface area contributed by atoms with E-state index < -0.39 is 44.5 Å². The number of nitriles is 1. The molecule has 0 bridgehead atoms. The highest BCUT2D eigenvalue weighted by Crippen LogP contribution is 2.39. The summed E-state index contributed by atoms with van der Waals surface area (Å²) in [6.45, 7) is 0. The molecular weight excluding hydrogens is 381 g/mol. The van der Waals surface area contributed by atoms with Crippen molar-refractivity contribution in [3.8, 4) is 17.6 Å². The molecule has 2 aromatic carbocycles. The van der Waals surface area contributed by atoms with Crippen LogP contribution in [-0.2, 0) is 6.18 Å². The molecule has 0 amide bonds. The van der Waals surface area contributed by atoms with Crippen molar-refractivity contribution < 1.29 is 32.7 Å². The predicted octanol–water partition coefficient (Wildman–Crippen LogP) is 4.63. The van der Waals surface area contributed by atoms with Gasteiger partial charge in [0, 0.05) is 18.2 Å². The number of carboxylic acids is 1. The Morgan fingerprint density at radius 2 is 1.96 bits per heavy atom. The van der Waals surface area contributed by atoms with E-state index in [9.17, 15) is 28.1 Å². The first-order chi connectivity index (χ1) is 12.0. The van der Waals surface area contributed by atoms with Crippen molar-refractivity contribution in [3.05, 3.63) is 62.2 Å². The van der Waals surface area contributed by atoms with E-state index in [0.29, 0.717) is 6.07 Å². The van der Waals surface area contributed by atoms with Gasteiger partial charge >= 0.3 is 12.1 Å². The number of nitrogens with zero attached hydrogens (tertiary/aromatic N) is 2. The Balaban J connectivity index is 2.50. The van der Waals surface area contributed by atoms with Gasteiger partial charge in [-0.1, -0.05) is 11.6 Å². The number of nitro benzene ring substituents is 1. The molecule has 0 unspecified atom stereocenters. The van der Waals surface area contributed by atoms with Crippen molar-refractivity contribution in [1.29, 1.82) is 5.26 Å². The number of benzene rings is 2. The van der Waals surface area contributed by atoms with Crippen LogP contribution in [0.3, 0.4) is 0 Å². The molecule has 2 rings (SSSR count). The Kier molecular flexibility index (Phi) is 5.04. The van der Waals surface area contributed by atoms with Gasteiger partial charge in [0.1, 0.15) is 17.1 Å². The maximum atomic E-state index is 12.9. The highest BCUT2D eigenvalue weighted by molar-refractivity contribution is 6.32. The maximum absolute atomic E-state index is 12.9. The maximum Gasteiger partial charge on any atom is 0.417 e. The zero-order valence-electron chi connectivity index (χ0n) is 12.4. The summed E-state index contributed by atoms with van der Waals surface area (Å²) in [4.78, 5) is 21.0. The third-order valence-electron chi connectivity index (χ3n) is 3.12. The van der Waals surface area contributed by atoms with E-state index in [1.165, 1.54) is 6.07 Å². The summed E-state index contributed by atoms with van der Waals surface area (Å²) in [5.74, 6) is -2.17. The van der Waals surface area contributed by atoms with Crippen LogP contribution < -0.4 is 4.74 Å². The summed E-state index contributed by atoms with van der Waals surface area (Å²) in [5, 5.41) is 28.2. The van der Waals surface area contributed by atoms with Crippen LogP contribution in [0.2, 0.25) is 5.02 Å². The molecule has 0 fully saturated rings. The Morgan fingerprint density at radius 1 is 1.31 bits per heavy atom. The quantitative estimate of drug-likeness (QED) is 0.605. The van der Waals surface area contributed by atoms with Gasteiger partial charge in [-0.3, -0.25) is 10.1 Å². The lowest BCUT2D eigenvalue weighted by molar-refractivity contribution is -0.385. The minimum Gasteiger partial charge on any atom is -0.477 e. The molecule has 7 nitrogen and oxygen atoms in total. The summed E-state index contributed by atoms with van der Waals surface area (Å²) in [5.41, 5.74) is -3.39. The van der Waals surface area contributed by atoms with Gasteiger partial charge in [-0.15, -0.1) is 0 Å². The largest absolute Gasteiger partial charge is 0.477 e. The molecular formula is C15H6ClF3N2O5. The molecule has 26 heavy (non-hydrogen) atoms. The van der Waals surface area contributed by atoms with Gasteiger partial charge in [-0.25, -0.2) is 4.79 Å². The van der Waals surface area contributed by atoms with Crippen molar-refractivity contribution in [3.63, 3.8) is 0 Å². The summed E-state index contributed by atoms with van der Waals surface area (Å²) in [6, 6.07) is 5.34. The standard InChI is InChI=1S/C15H6ClF3N2O5/c16-11-5-10(15(17,18)19)7(6-20)3-13(11)26-8-1-2-12(21(24)25)9(4-8)14(22)23/h1-5H,(H,22,23). The first-order valence-corrected chi connectivity index (χ1v) is 6.92. The number of alkyl halides is 3. The number of nitro groups is 1. The zero-order chi connectivity index (χ0) is 19.6. The molecule has 0 saturated carbocycles. The minimum atomic E-state index is -4.81. The predicted molar refractivity (Wildman–Crippen MR) is 81.3 cm³/mol. The molecule has 0 aromatic heterocycles. The van der Waals surface area contributed by atoms with Crippen molar-refractivity contribution in [2.75, 3.05) is 0 Å². The Hall–Kier alpha value is -3.32. The molecule has 11 heteroatoms. The minimum absolute atomic E-state index is 0.224. The molecule has 134 valence electrons. The van der Waals surface area contributed by atoms with Crippen LogP contribution in [0, 0.1) is 21.4 Å². The fraction of sp³-hybridized carbons (Fsp3) is 0.0667.